The Bertz CT molecular complexity index is 808. The summed E-state index contributed by atoms with van der Waals surface area (Å²) in [5.41, 5.74) is 1.76. The Morgan fingerprint density at radius 2 is 1.70 bits per heavy atom. The first-order valence-corrected chi connectivity index (χ1v) is 8.65. The molecule has 2 aromatic rings. The van der Waals surface area contributed by atoms with E-state index in [9.17, 15) is 9.59 Å². The molecule has 0 aliphatic rings. The van der Waals surface area contributed by atoms with Crippen LogP contribution in [0.4, 0.5) is 4.79 Å². The molecule has 144 valence electrons. The zero-order valence-corrected chi connectivity index (χ0v) is 15.8. The first-order valence-electron chi connectivity index (χ1n) is 8.27. The van der Waals surface area contributed by atoms with Crippen molar-refractivity contribution in [3.05, 3.63) is 58.1 Å². The second kappa shape index (κ2) is 9.68. The minimum Gasteiger partial charge on any atom is -0.493 e. The molecular formula is C19H21ClN2O5. The van der Waals surface area contributed by atoms with Crippen LogP contribution in [0.3, 0.4) is 0 Å². The fraction of sp³-hybridized carbons (Fsp3) is 0.263. The van der Waals surface area contributed by atoms with Gasteiger partial charge in [-0.15, -0.1) is 0 Å². The number of carbonyl (C=O) groups is 2. The highest BCUT2D eigenvalue weighted by Gasteiger charge is 2.12. The third-order valence-corrected chi connectivity index (χ3v) is 3.97. The SMILES string of the molecule is CCOc1c(Cl)cc(CNC(=O)NCc2ccc(C(=O)O)cc2)cc1OC. The van der Waals surface area contributed by atoms with Gasteiger partial charge in [-0.25, -0.2) is 9.59 Å². The van der Waals surface area contributed by atoms with Gasteiger partial charge in [0.25, 0.3) is 0 Å². The van der Waals surface area contributed by atoms with E-state index in [-0.39, 0.29) is 24.7 Å². The lowest BCUT2D eigenvalue weighted by Crippen LogP contribution is -2.34. The van der Waals surface area contributed by atoms with Crippen LogP contribution in [0.15, 0.2) is 36.4 Å². The maximum atomic E-state index is 12.0. The van der Waals surface area contributed by atoms with Gasteiger partial charge < -0.3 is 25.2 Å². The highest BCUT2D eigenvalue weighted by molar-refractivity contribution is 6.32. The summed E-state index contributed by atoms with van der Waals surface area (Å²) < 4.78 is 10.7. The smallest absolute Gasteiger partial charge is 0.335 e. The van der Waals surface area contributed by atoms with E-state index in [2.05, 4.69) is 10.6 Å². The molecule has 0 saturated carbocycles. The summed E-state index contributed by atoms with van der Waals surface area (Å²) in [6.07, 6.45) is 0. The van der Waals surface area contributed by atoms with Gasteiger partial charge in [-0.2, -0.15) is 0 Å². The Morgan fingerprint density at radius 1 is 1.07 bits per heavy atom. The van der Waals surface area contributed by atoms with E-state index in [1.165, 1.54) is 19.2 Å². The van der Waals surface area contributed by atoms with Gasteiger partial charge in [-0.05, 0) is 42.3 Å². The zero-order chi connectivity index (χ0) is 19.8. The molecule has 0 saturated heterocycles. The number of carbonyl (C=O) groups excluding carboxylic acids is 1. The lowest BCUT2D eigenvalue weighted by molar-refractivity contribution is 0.0697. The fourth-order valence-electron chi connectivity index (χ4n) is 2.35. The maximum absolute atomic E-state index is 12.0. The summed E-state index contributed by atoms with van der Waals surface area (Å²) >= 11 is 6.21. The summed E-state index contributed by atoms with van der Waals surface area (Å²) in [5, 5.41) is 14.7. The normalized spacial score (nSPS) is 10.2. The summed E-state index contributed by atoms with van der Waals surface area (Å²) in [6.45, 7) is 2.85. The van der Waals surface area contributed by atoms with Crippen molar-refractivity contribution in [2.75, 3.05) is 13.7 Å². The molecule has 7 nitrogen and oxygen atoms in total. The van der Waals surface area contributed by atoms with Crippen LogP contribution >= 0.6 is 11.6 Å². The molecule has 27 heavy (non-hydrogen) atoms. The monoisotopic (exact) mass is 392 g/mol. The Kier molecular flexibility index (Phi) is 7.31. The predicted molar refractivity (Wildman–Crippen MR) is 102 cm³/mol. The first kappa shape index (κ1) is 20.4. The number of benzene rings is 2. The van der Waals surface area contributed by atoms with Crippen LogP contribution in [0.5, 0.6) is 11.5 Å². The molecule has 0 aliphatic heterocycles. The number of hydrogen-bond donors (Lipinski definition) is 3. The van der Waals surface area contributed by atoms with Crippen molar-refractivity contribution in [3.63, 3.8) is 0 Å². The van der Waals surface area contributed by atoms with Crippen molar-refractivity contribution < 1.29 is 24.2 Å². The number of hydrogen-bond acceptors (Lipinski definition) is 4. The summed E-state index contributed by atoms with van der Waals surface area (Å²) in [5.74, 6) is -0.0172. The van der Waals surface area contributed by atoms with Crippen molar-refractivity contribution in [1.82, 2.24) is 10.6 Å². The van der Waals surface area contributed by atoms with Crippen LogP contribution in [-0.2, 0) is 13.1 Å². The molecule has 8 heteroatoms. The molecule has 2 amide bonds. The highest BCUT2D eigenvalue weighted by atomic mass is 35.5. The molecule has 0 spiro atoms. The number of rotatable bonds is 8. The number of aromatic carboxylic acids is 1. The molecule has 0 aromatic heterocycles. The van der Waals surface area contributed by atoms with Gasteiger partial charge in [0, 0.05) is 13.1 Å². The number of methoxy groups -OCH3 is 1. The van der Waals surface area contributed by atoms with E-state index in [0.29, 0.717) is 23.1 Å². The third-order valence-electron chi connectivity index (χ3n) is 3.68. The minimum atomic E-state index is -0.989. The van der Waals surface area contributed by atoms with Crippen LogP contribution < -0.4 is 20.1 Å². The second-order valence-electron chi connectivity index (χ2n) is 5.58. The van der Waals surface area contributed by atoms with Gasteiger partial charge in [0.1, 0.15) is 0 Å². The molecule has 0 atom stereocenters. The number of halogens is 1. The molecule has 0 fully saturated rings. The summed E-state index contributed by atoms with van der Waals surface area (Å²) in [6, 6.07) is 9.39. The van der Waals surface area contributed by atoms with Crippen molar-refractivity contribution in [3.8, 4) is 11.5 Å². The van der Waals surface area contributed by atoms with Crippen molar-refractivity contribution in [1.29, 1.82) is 0 Å². The predicted octanol–water partition coefficient (Wildman–Crippen LogP) is 3.44. The second-order valence-corrected chi connectivity index (χ2v) is 5.99. The Balaban J connectivity index is 1.89. The van der Waals surface area contributed by atoms with Crippen LogP contribution in [0.1, 0.15) is 28.4 Å². The van der Waals surface area contributed by atoms with Crippen molar-refractivity contribution in [2.45, 2.75) is 20.0 Å². The van der Waals surface area contributed by atoms with E-state index >= 15 is 0 Å². The minimum absolute atomic E-state index is 0.199. The number of urea groups is 1. The molecule has 0 bridgehead atoms. The van der Waals surface area contributed by atoms with Gasteiger partial charge in [0.2, 0.25) is 0 Å². The zero-order valence-electron chi connectivity index (χ0n) is 15.0. The molecular weight excluding hydrogens is 372 g/mol. The number of carboxylic acid groups (broad SMARTS) is 1. The quantitative estimate of drug-likeness (QED) is 0.639. The summed E-state index contributed by atoms with van der Waals surface area (Å²) in [7, 11) is 1.52. The molecule has 0 aliphatic carbocycles. The average molecular weight is 393 g/mol. The molecule has 0 unspecified atom stereocenters. The molecule has 3 N–H and O–H groups in total. The van der Waals surface area contributed by atoms with Crippen LogP contribution in [0.25, 0.3) is 0 Å². The van der Waals surface area contributed by atoms with E-state index < -0.39 is 5.97 Å². The lowest BCUT2D eigenvalue weighted by atomic mass is 10.1. The topological polar surface area (TPSA) is 96.9 Å². The standard InChI is InChI=1S/C19H21ClN2O5/c1-3-27-17-15(20)8-13(9-16(17)26-2)11-22-19(25)21-10-12-4-6-14(7-5-12)18(23)24/h4-9H,3,10-11H2,1-2H3,(H,23,24)(H2,21,22,25). The highest BCUT2D eigenvalue weighted by Crippen LogP contribution is 2.36. The van der Waals surface area contributed by atoms with Gasteiger partial charge >= 0.3 is 12.0 Å². The Morgan fingerprint density at radius 3 is 2.26 bits per heavy atom. The lowest BCUT2D eigenvalue weighted by Gasteiger charge is -2.14. The first-order chi connectivity index (χ1) is 12.9. The van der Waals surface area contributed by atoms with Crippen LogP contribution in [0, 0.1) is 0 Å². The third kappa shape index (κ3) is 5.79. The summed E-state index contributed by atoms with van der Waals surface area (Å²) in [4.78, 5) is 22.8. The maximum Gasteiger partial charge on any atom is 0.335 e. The molecule has 0 heterocycles. The van der Waals surface area contributed by atoms with E-state index in [0.717, 1.165) is 11.1 Å². The Labute approximate surface area is 162 Å². The fourth-order valence-corrected chi connectivity index (χ4v) is 2.64. The van der Waals surface area contributed by atoms with Gasteiger partial charge in [-0.1, -0.05) is 23.7 Å². The van der Waals surface area contributed by atoms with Gasteiger partial charge in [0.05, 0.1) is 24.3 Å². The van der Waals surface area contributed by atoms with Crippen molar-refractivity contribution >= 4 is 23.6 Å². The molecule has 0 radical (unpaired) electrons. The molecule has 2 aromatic carbocycles. The van der Waals surface area contributed by atoms with Crippen LogP contribution in [0.2, 0.25) is 5.02 Å². The van der Waals surface area contributed by atoms with Crippen molar-refractivity contribution in [2.24, 2.45) is 0 Å². The number of nitrogens with one attached hydrogen (secondary N) is 2. The number of ether oxygens (including phenoxy) is 2. The Hall–Kier alpha value is -2.93. The molecule has 2 rings (SSSR count). The average Bonchev–Trinajstić information content (AvgIpc) is 2.66. The van der Waals surface area contributed by atoms with Crippen LogP contribution in [-0.4, -0.2) is 30.8 Å². The van der Waals surface area contributed by atoms with E-state index in [4.69, 9.17) is 26.2 Å². The van der Waals surface area contributed by atoms with E-state index in [1.54, 1.807) is 24.3 Å². The van der Waals surface area contributed by atoms with E-state index in [1.807, 2.05) is 6.92 Å². The largest absolute Gasteiger partial charge is 0.493 e. The van der Waals surface area contributed by atoms with Gasteiger partial charge in [-0.3, -0.25) is 0 Å². The number of amides is 2. The van der Waals surface area contributed by atoms with Gasteiger partial charge in [0.15, 0.2) is 11.5 Å². The number of carboxylic acids is 1.